The number of hydrogen-bond acceptors (Lipinski definition) is 4. The van der Waals surface area contributed by atoms with E-state index in [1.54, 1.807) is 10.9 Å². The molecule has 1 aromatic heterocycles. The van der Waals surface area contributed by atoms with Gasteiger partial charge in [0.15, 0.2) is 0 Å². The standard InChI is InChI=1S/C9H14F3N3S/c1-6(13)8(9(10,11)12)15(2)3-7-4-16-5-14-7/h4-6,8H,3,13H2,1-2H3. The number of rotatable bonds is 4. The van der Waals surface area contributed by atoms with Crippen molar-refractivity contribution in [1.82, 2.24) is 9.88 Å². The summed E-state index contributed by atoms with van der Waals surface area (Å²) in [5, 5.41) is 1.73. The predicted octanol–water partition coefficient (Wildman–Crippen LogP) is 1.85. The van der Waals surface area contributed by atoms with Gasteiger partial charge in [0.1, 0.15) is 6.04 Å². The smallest absolute Gasteiger partial charge is 0.326 e. The number of alkyl halides is 3. The number of halogens is 3. The zero-order valence-electron chi connectivity index (χ0n) is 9.03. The Hall–Kier alpha value is -0.660. The van der Waals surface area contributed by atoms with Crippen LogP contribution < -0.4 is 5.73 Å². The van der Waals surface area contributed by atoms with Gasteiger partial charge in [-0.25, -0.2) is 4.98 Å². The molecule has 1 heterocycles. The molecule has 1 aromatic rings. The number of thiazole rings is 1. The first-order valence-electron chi connectivity index (χ1n) is 4.72. The quantitative estimate of drug-likeness (QED) is 0.890. The highest BCUT2D eigenvalue weighted by Gasteiger charge is 2.44. The number of likely N-dealkylation sites (N-methyl/N-ethyl adjacent to an activating group) is 1. The van der Waals surface area contributed by atoms with Gasteiger partial charge in [-0.15, -0.1) is 11.3 Å². The highest BCUT2D eigenvalue weighted by molar-refractivity contribution is 7.07. The van der Waals surface area contributed by atoms with E-state index in [1.165, 1.54) is 30.2 Å². The van der Waals surface area contributed by atoms with Crippen LogP contribution in [-0.2, 0) is 6.54 Å². The van der Waals surface area contributed by atoms with Gasteiger partial charge < -0.3 is 5.73 Å². The molecular formula is C9H14F3N3S. The number of nitrogens with zero attached hydrogens (tertiary/aromatic N) is 2. The number of nitrogens with two attached hydrogens (primary N) is 1. The van der Waals surface area contributed by atoms with E-state index in [1.807, 2.05) is 0 Å². The average molecular weight is 253 g/mol. The number of hydrogen-bond donors (Lipinski definition) is 1. The first-order valence-corrected chi connectivity index (χ1v) is 5.66. The molecule has 0 aliphatic carbocycles. The lowest BCUT2D eigenvalue weighted by Crippen LogP contribution is -2.53. The molecule has 3 nitrogen and oxygen atoms in total. The van der Waals surface area contributed by atoms with Crippen molar-refractivity contribution in [3.63, 3.8) is 0 Å². The van der Waals surface area contributed by atoms with Gasteiger partial charge in [0, 0.05) is 18.0 Å². The van der Waals surface area contributed by atoms with Crippen LogP contribution in [0, 0.1) is 0 Å². The minimum atomic E-state index is -4.32. The van der Waals surface area contributed by atoms with Crippen molar-refractivity contribution in [1.29, 1.82) is 0 Å². The summed E-state index contributed by atoms with van der Waals surface area (Å²) < 4.78 is 38.1. The fraction of sp³-hybridized carbons (Fsp3) is 0.667. The van der Waals surface area contributed by atoms with Crippen LogP contribution in [0.4, 0.5) is 13.2 Å². The van der Waals surface area contributed by atoms with Gasteiger partial charge in [0.05, 0.1) is 11.2 Å². The van der Waals surface area contributed by atoms with Crippen molar-refractivity contribution in [2.45, 2.75) is 31.7 Å². The second kappa shape index (κ2) is 5.11. The molecule has 0 saturated carbocycles. The largest absolute Gasteiger partial charge is 0.405 e. The molecule has 2 unspecified atom stereocenters. The molecule has 0 spiro atoms. The Bertz CT molecular complexity index is 310. The summed E-state index contributed by atoms with van der Waals surface area (Å²) in [6.45, 7) is 1.50. The van der Waals surface area contributed by atoms with Crippen LogP contribution in [0.5, 0.6) is 0 Å². The van der Waals surface area contributed by atoms with Gasteiger partial charge in [-0.05, 0) is 14.0 Å². The summed E-state index contributed by atoms with van der Waals surface area (Å²) in [6.07, 6.45) is -4.32. The summed E-state index contributed by atoms with van der Waals surface area (Å²) in [4.78, 5) is 5.13. The first kappa shape index (κ1) is 13.4. The molecule has 0 saturated heterocycles. The van der Waals surface area contributed by atoms with Crippen molar-refractivity contribution in [2.75, 3.05) is 7.05 Å². The van der Waals surface area contributed by atoms with Gasteiger partial charge in [-0.3, -0.25) is 4.90 Å². The second-order valence-corrected chi connectivity index (χ2v) is 4.46. The topological polar surface area (TPSA) is 42.1 Å². The second-order valence-electron chi connectivity index (χ2n) is 3.74. The average Bonchev–Trinajstić information content (AvgIpc) is 2.52. The molecule has 0 aliphatic rings. The molecule has 92 valence electrons. The summed E-state index contributed by atoms with van der Waals surface area (Å²) >= 11 is 1.36. The van der Waals surface area contributed by atoms with Gasteiger partial charge in [-0.2, -0.15) is 13.2 Å². The van der Waals surface area contributed by atoms with E-state index in [2.05, 4.69) is 4.98 Å². The maximum Gasteiger partial charge on any atom is 0.405 e. The van der Waals surface area contributed by atoms with E-state index in [0.717, 1.165) is 0 Å². The van der Waals surface area contributed by atoms with Crippen LogP contribution in [0.25, 0.3) is 0 Å². The molecule has 7 heteroatoms. The molecule has 16 heavy (non-hydrogen) atoms. The summed E-state index contributed by atoms with van der Waals surface area (Å²) in [5.41, 5.74) is 7.60. The molecule has 0 amide bonds. The molecule has 0 aliphatic heterocycles. The molecule has 2 N–H and O–H groups in total. The van der Waals surface area contributed by atoms with Crippen LogP contribution in [0.15, 0.2) is 10.9 Å². The van der Waals surface area contributed by atoms with Crippen molar-refractivity contribution >= 4 is 11.3 Å². The fourth-order valence-electron chi connectivity index (χ4n) is 1.62. The van der Waals surface area contributed by atoms with E-state index >= 15 is 0 Å². The minimum Gasteiger partial charge on any atom is -0.326 e. The SMILES string of the molecule is CC(N)C(N(C)Cc1cscn1)C(F)(F)F. The van der Waals surface area contributed by atoms with Gasteiger partial charge in [0.25, 0.3) is 0 Å². The Balaban J connectivity index is 2.72. The Morgan fingerprint density at radius 2 is 2.19 bits per heavy atom. The van der Waals surface area contributed by atoms with Crippen molar-refractivity contribution in [2.24, 2.45) is 5.73 Å². The molecule has 0 aromatic carbocycles. The molecule has 0 bridgehead atoms. The third-order valence-corrected chi connectivity index (χ3v) is 2.84. The van der Waals surface area contributed by atoms with Crippen LogP contribution in [0.2, 0.25) is 0 Å². The maximum atomic E-state index is 12.7. The zero-order chi connectivity index (χ0) is 12.3. The van der Waals surface area contributed by atoms with E-state index in [-0.39, 0.29) is 6.54 Å². The fourth-order valence-corrected chi connectivity index (χ4v) is 2.17. The third kappa shape index (κ3) is 3.43. The van der Waals surface area contributed by atoms with Crippen LogP contribution in [0.3, 0.4) is 0 Å². The normalized spacial score (nSPS) is 16.4. The Morgan fingerprint density at radius 3 is 2.56 bits per heavy atom. The van der Waals surface area contributed by atoms with Gasteiger partial charge in [-0.1, -0.05) is 0 Å². The highest BCUT2D eigenvalue weighted by Crippen LogP contribution is 2.26. The Kier molecular flexibility index (Phi) is 4.28. The van der Waals surface area contributed by atoms with Crippen molar-refractivity contribution < 1.29 is 13.2 Å². The highest BCUT2D eigenvalue weighted by atomic mass is 32.1. The van der Waals surface area contributed by atoms with Gasteiger partial charge >= 0.3 is 6.18 Å². The van der Waals surface area contributed by atoms with Crippen molar-refractivity contribution in [3.8, 4) is 0 Å². The summed E-state index contributed by atoms with van der Waals surface area (Å²) in [6, 6.07) is -2.61. The predicted molar refractivity (Wildman–Crippen MR) is 57.1 cm³/mol. The molecule has 0 radical (unpaired) electrons. The van der Waals surface area contributed by atoms with E-state index in [0.29, 0.717) is 5.69 Å². The van der Waals surface area contributed by atoms with Crippen molar-refractivity contribution in [3.05, 3.63) is 16.6 Å². The molecular weight excluding hydrogens is 239 g/mol. The Labute approximate surface area is 96.1 Å². The van der Waals surface area contributed by atoms with Gasteiger partial charge in [0.2, 0.25) is 0 Å². The zero-order valence-corrected chi connectivity index (χ0v) is 9.85. The van der Waals surface area contributed by atoms with E-state index in [4.69, 9.17) is 5.73 Å². The molecule has 1 rings (SSSR count). The first-order chi connectivity index (χ1) is 7.32. The van der Waals surface area contributed by atoms with E-state index in [9.17, 15) is 13.2 Å². The molecule has 0 fully saturated rings. The lowest BCUT2D eigenvalue weighted by molar-refractivity contribution is -0.186. The lowest BCUT2D eigenvalue weighted by atomic mass is 10.1. The monoisotopic (exact) mass is 253 g/mol. The Morgan fingerprint density at radius 1 is 1.56 bits per heavy atom. The third-order valence-electron chi connectivity index (χ3n) is 2.20. The van der Waals surface area contributed by atoms with Crippen LogP contribution >= 0.6 is 11.3 Å². The van der Waals surface area contributed by atoms with Crippen LogP contribution in [0.1, 0.15) is 12.6 Å². The minimum absolute atomic E-state index is 0.148. The molecule has 2 atom stereocenters. The van der Waals surface area contributed by atoms with E-state index < -0.39 is 18.3 Å². The summed E-state index contributed by atoms with van der Waals surface area (Å²) in [7, 11) is 1.40. The summed E-state index contributed by atoms with van der Waals surface area (Å²) in [5.74, 6) is 0. The lowest BCUT2D eigenvalue weighted by Gasteiger charge is -2.32. The maximum absolute atomic E-state index is 12.7. The number of aromatic nitrogens is 1. The van der Waals surface area contributed by atoms with Crippen LogP contribution in [-0.4, -0.2) is 35.2 Å².